The van der Waals surface area contributed by atoms with Crippen molar-refractivity contribution in [3.8, 4) is 0 Å². The number of carbonyl (C=O) groups excluding carboxylic acids is 1. The summed E-state index contributed by atoms with van der Waals surface area (Å²) in [6.45, 7) is 0. The van der Waals surface area contributed by atoms with Crippen molar-refractivity contribution in [1.29, 1.82) is 0 Å². The summed E-state index contributed by atoms with van der Waals surface area (Å²) in [5, 5.41) is 0.706. The van der Waals surface area contributed by atoms with E-state index in [2.05, 4.69) is 14.7 Å². The molecule has 1 aliphatic carbocycles. The molecular weight excluding hydrogens is 386 g/mol. The minimum atomic E-state index is -3.44. The zero-order chi connectivity index (χ0) is 19.0. The molecule has 3 aromatic rings. The van der Waals surface area contributed by atoms with Crippen LogP contribution in [0.3, 0.4) is 0 Å². The van der Waals surface area contributed by atoms with Gasteiger partial charge in [-0.2, -0.15) is 0 Å². The van der Waals surface area contributed by atoms with Crippen LogP contribution in [-0.2, 0) is 10.0 Å². The number of benzene rings is 1. The molecule has 0 atom stereocenters. The summed E-state index contributed by atoms with van der Waals surface area (Å²) in [5.74, 6) is -0.229. The van der Waals surface area contributed by atoms with Gasteiger partial charge in [0.15, 0.2) is 5.78 Å². The first-order chi connectivity index (χ1) is 12.9. The summed E-state index contributed by atoms with van der Waals surface area (Å²) >= 11 is 5.99. The van der Waals surface area contributed by atoms with Gasteiger partial charge in [0.1, 0.15) is 5.65 Å². The number of carbonyl (C=O) groups is 1. The number of fused-ring (bicyclic) bond motifs is 1. The van der Waals surface area contributed by atoms with Crippen molar-refractivity contribution < 1.29 is 13.2 Å². The molecule has 1 aromatic carbocycles. The molecule has 1 saturated carbocycles. The highest BCUT2D eigenvalue weighted by Crippen LogP contribution is 2.27. The smallest absolute Gasteiger partial charge is 0.235 e. The number of hydrogen-bond donors (Lipinski definition) is 2. The number of H-pyrrole nitrogens is 1. The molecule has 0 bridgehead atoms. The van der Waals surface area contributed by atoms with Crippen LogP contribution in [0.15, 0.2) is 42.7 Å². The Morgan fingerprint density at radius 1 is 1.22 bits per heavy atom. The van der Waals surface area contributed by atoms with Crippen LogP contribution in [0, 0.1) is 0 Å². The summed E-state index contributed by atoms with van der Waals surface area (Å²) in [4.78, 5) is 20.0. The Bertz CT molecular complexity index is 1120. The van der Waals surface area contributed by atoms with E-state index in [1.54, 1.807) is 36.5 Å². The number of aromatic amines is 1. The number of aromatic nitrogens is 2. The molecule has 2 aromatic heterocycles. The molecule has 0 spiro atoms. The largest absolute Gasteiger partial charge is 0.345 e. The fraction of sp³-hybridized carbons (Fsp3) is 0.263. The lowest BCUT2D eigenvalue weighted by molar-refractivity contribution is 0.104. The molecule has 2 heterocycles. The lowest BCUT2D eigenvalue weighted by Gasteiger charge is -2.14. The zero-order valence-corrected chi connectivity index (χ0v) is 16.0. The van der Waals surface area contributed by atoms with E-state index in [1.165, 1.54) is 6.20 Å². The van der Waals surface area contributed by atoms with Gasteiger partial charge in [0.25, 0.3) is 0 Å². The number of anilines is 1. The van der Waals surface area contributed by atoms with E-state index in [9.17, 15) is 13.2 Å². The second kappa shape index (κ2) is 6.98. The highest BCUT2D eigenvalue weighted by molar-refractivity contribution is 7.93. The SMILES string of the molecule is O=C(c1cccc(NS(=O)(=O)C2CCCC2)c1)c1c[nH]c2ncc(Cl)cc12. The van der Waals surface area contributed by atoms with Gasteiger partial charge in [-0.1, -0.05) is 36.6 Å². The van der Waals surface area contributed by atoms with Crippen LogP contribution in [0.25, 0.3) is 11.0 Å². The Morgan fingerprint density at radius 2 is 2.00 bits per heavy atom. The Morgan fingerprint density at radius 3 is 2.78 bits per heavy atom. The summed E-state index contributed by atoms with van der Waals surface area (Å²) in [6, 6.07) is 8.22. The number of hydrogen-bond acceptors (Lipinski definition) is 4. The quantitative estimate of drug-likeness (QED) is 0.626. The van der Waals surface area contributed by atoms with Gasteiger partial charge in [-0.25, -0.2) is 13.4 Å². The molecule has 0 unspecified atom stereocenters. The van der Waals surface area contributed by atoms with E-state index in [4.69, 9.17) is 11.6 Å². The van der Waals surface area contributed by atoms with Crippen molar-refractivity contribution in [2.75, 3.05) is 4.72 Å². The van der Waals surface area contributed by atoms with E-state index in [0.717, 1.165) is 12.8 Å². The summed E-state index contributed by atoms with van der Waals surface area (Å²) in [6.07, 6.45) is 6.31. The third kappa shape index (κ3) is 3.57. The monoisotopic (exact) mass is 403 g/mol. The molecule has 0 amide bonds. The maximum absolute atomic E-state index is 12.9. The highest BCUT2D eigenvalue weighted by Gasteiger charge is 2.28. The Hall–Kier alpha value is -2.38. The van der Waals surface area contributed by atoms with Crippen molar-refractivity contribution >= 4 is 44.1 Å². The average molecular weight is 404 g/mol. The molecule has 0 aliphatic heterocycles. The van der Waals surface area contributed by atoms with Crippen molar-refractivity contribution in [3.63, 3.8) is 0 Å². The first-order valence-corrected chi connectivity index (χ1v) is 10.7. The fourth-order valence-corrected chi connectivity index (χ4v) is 5.23. The van der Waals surface area contributed by atoms with E-state index in [1.807, 2.05) is 0 Å². The first-order valence-electron chi connectivity index (χ1n) is 8.73. The first kappa shape index (κ1) is 18.0. The number of ketones is 1. The summed E-state index contributed by atoms with van der Waals surface area (Å²) < 4.78 is 27.6. The van der Waals surface area contributed by atoms with Crippen molar-refractivity contribution in [3.05, 3.63) is 58.9 Å². The number of sulfonamides is 1. The topological polar surface area (TPSA) is 91.9 Å². The molecule has 8 heteroatoms. The number of pyridine rings is 1. The molecule has 0 radical (unpaired) electrons. The molecule has 27 heavy (non-hydrogen) atoms. The van der Waals surface area contributed by atoms with Gasteiger partial charge in [-0.15, -0.1) is 0 Å². The van der Waals surface area contributed by atoms with Gasteiger partial charge in [0.2, 0.25) is 10.0 Å². The van der Waals surface area contributed by atoms with E-state index in [-0.39, 0.29) is 11.0 Å². The van der Waals surface area contributed by atoms with Crippen LogP contribution in [-0.4, -0.2) is 29.4 Å². The number of halogens is 1. The normalized spacial score (nSPS) is 15.3. The van der Waals surface area contributed by atoms with Crippen LogP contribution >= 0.6 is 11.6 Å². The molecule has 6 nitrogen and oxygen atoms in total. The molecular formula is C19H18ClN3O3S. The molecule has 1 fully saturated rings. The maximum Gasteiger partial charge on any atom is 0.235 e. The molecule has 0 saturated heterocycles. The lowest BCUT2D eigenvalue weighted by Crippen LogP contribution is -2.25. The molecule has 140 valence electrons. The standard InChI is InChI=1S/C19H18ClN3O3S/c20-13-9-16-17(11-22-19(16)21-10-13)18(24)12-4-3-5-14(8-12)23-27(25,26)15-6-1-2-7-15/h3-5,8-11,15,23H,1-2,6-7H2,(H,21,22). The summed E-state index contributed by atoms with van der Waals surface area (Å²) in [5.41, 5.74) is 1.79. The molecule has 2 N–H and O–H groups in total. The van der Waals surface area contributed by atoms with E-state index >= 15 is 0 Å². The zero-order valence-electron chi connectivity index (χ0n) is 14.4. The lowest BCUT2D eigenvalue weighted by atomic mass is 10.0. The van der Waals surface area contributed by atoms with Crippen LogP contribution < -0.4 is 4.72 Å². The van der Waals surface area contributed by atoms with Gasteiger partial charge < -0.3 is 4.98 Å². The van der Waals surface area contributed by atoms with Gasteiger partial charge >= 0.3 is 0 Å². The average Bonchev–Trinajstić information content (AvgIpc) is 3.31. The third-order valence-corrected chi connectivity index (χ3v) is 6.94. The Labute approximate surface area is 162 Å². The van der Waals surface area contributed by atoms with Crippen molar-refractivity contribution in [2.45, 2.75) is 30.9 Å². The van der Waals surface area contributed by atoms with Gasteiger partial charge in [0, 0.05) is 34.6 Å². The van der Waals surface area contributed by atoms with Crippen molar-refractivity contribution in [2.24, 2.45) is 0 Å². The fourth-order valence-electron chi connectivity index (χ4n) is 3.49. The van der Waals surface area contributed by atoms with Crippen LogP contribution in [0.4, 0.5) is 5.69 Å². The molecule has 4 rings (SSSR count). The minimum absolute atomic E-state index is 0.229. The number of rotatable bonds is 5. The van der Waals surface area contributed by atoms with E-state index in [0.29, 0.717) is 45.7 Å². The predicted molar refractivity (Wildman–Crippen MR) is 106 cm³/mol. The second-order valence-corrected chi connectivity index (χ2v) is 9.11. The highest BCUT2D eigenvalue weighted by atomic mass is 35.5. The number of nitrogens with zero attached hydrogens (tertiary/aromatic N) is 1. The maximum atomic E-state index is 12.9. The Kier molecular flexibility index (Phi) is 4.65. The third-order valence-electron chi connectivity index (χ3n) is 4.87. The summed E-state index contributed by atoms with van der Waals surface area (Å²) in [7, 11) is -3.44. The molecule has 1 aliphatic rings. The van der Waals surface area contributed by atoms with Crippen LogP contribution in [0.2, 0.25) is 5.02 Å². The van der Waals surface area contributed by atoms with E-state index < -0.39 is 10.0 Å². The van der Waals surface area contributed by atoms with Gasteiger partial charge in [-0.05, 0) is 31.0 Å². The number of nitrogens with one attached hydrogen (secondary N) is 2. The van der Waals surface area contributed by atoms with Crippen LogP contribution in [0.1, 0.15) is 41.6 Å². The minimum Gasteiger partial charge on any atom is -0.345 e. The van der Waals surface area contributed by atoms with Gasteiger partial charge in [-0.3, -0.25) is 9.52 Å². The van der Waals surface area contributed by atoms with Gasteiger partial charge in [0.05, 0.1) is 10.3 Å². The van der Waals surface area contributed by atoms with Crippen LogP contribution in [0.5, 0.6) is 0 Å². The Balaban J connectivity index is 1.63. The second-order valence-electron chi connectivity index (χ2n) is 6.72. The predicted octanol–water partition coefficient (Wildman–Crippen LogP) is 4.13. The van der Waals surface area contributed by atoms with Crippen molar-refractivity contribution in [1.82, 2.24) is 9.97 Å².